The normalized spacial score (nSPS) is 28.7. The smallest absolute Gasteiger partial charge is 0.313 e. The van der Waals surface area contributed by atoms with Crippen LogP contribution in [0.25, 0.3) is 0 Å². The van der Waals surface area contributed by atoms with Gasteiger partial charge in [0.25, 0.3) is 0 Å². The van der Waals surface area contributed by atoms with Crippen LogP contribution >= 0.6 is 0 Å². The Morgan fingerprint density at radius 3 is 2.63 bits per heavy atom. The van der Waals surface area contributed by atoms with Gasteiger partial charge >= 0.3 is 5.97 Å². The third kappa shape index (κ3) is 2.98. The van der Waals surface area contributed by atoms with Gasteiger partial charge in [-0.3, -0.25) is 9.69 Å². The van der Waals surface area contributed by atoms with E-state index in [2.05, 4.69) is 29.7 Å². The van der Waals surface area contributed by atoms with Crippen molar-refractivity contribution in [3.05, 3.63) is 23.4 Å². The molecule has 1 aromatic rings. The molecule has 27 heavy (non-hydrogen) atoms. The van der Waals surface area contributed by atoms with Crippen molar-refractivity contribution in [2.24, 2.45) is 11.3 Å². The number of aromatic nitrogens is 1. The summed E-state index contributed by atoms with van der Waals surface area (Å²) in [6.45, 7) is 6.74. The van der Waals surface area contributed by atoms with Gasteiger partial charge in [-0.2, -0.15) is 5.26 Å². The van der Waals surface area contributed by atoms with Gasteiger partial charge in [0.15, 0.2) is 0 Å². The first-order valence-electron chi connectivity index (χ1n) is 10.1. The maximum absolute atomic E-state index is 12.3. The number of carbonyl (C=O) groups is 1. The number of hydrogen-bond donors (Lipinski definition) is 1. The summed E-state index contributed by atoms with van der Waals surface area (Å²) in [5.41, 5.74) is 0.732. The summed E-state index contributed by atoms with van der Waals surface area (Å²) in [7, 11) is 0. The van der Waals surface area contributed by atoms with Gasteiger partial charge in [0.1, 0.15) is 17.3 Å². The highest BCUT2D eigenvalue weighted by molar-refractivity contribution is 5.78. The van der Waals surface area contributed by atoms with Crippen LogP contribution in [0.3, 0.4) is 0 Å². The second-order valence-corrected chi connectivity index (χ2v) is 8.78. The lowest BCUT2D eigenvalue weighted by atomic mass is 9.81. The van der Waals surface area contributed by atoms with Crippen LogP contribution in [-0.2, 0) is 4.79 Å². The molecule has 2 atom stereocenters. The van der Waals surface area contributed by atoms with Crippen LogP contribution in [0.5, 0.6) is 0 Å². The predicted octanol–water partition coefficient (Wildman–Crippen LogP) is 2.84. The van der Waals surface area contributed by atoms with Crippen molar-refractivity contribution in [3.8, 4) is 6.07 Å². The average Bonchev–Trinajstić information content (AvgIpc) is 3.35. The Labute approximate surface area is 160 Å². The molecule has 1 saturated carbocycles. The van der Waals surface area contributed by atoms with E-state index in [1.54, 1.807) is 0 Å². The number of fused-ring (bicyclic) bond motifs is 1. The van der Waals surface area contributed by atoms with E-state index in [1.165, 1.54) is 25.7 Å². The van der Waals surface area contributed by atoms with Crippen LogP contribution in [0.15, 0.2) is 12.1 Å². The Bertz CT molecular complexity index is 781. The molecule has 144 valence electrons. The zero-order valence-corrected chi connectivity index (χ0v) is 16.2. The molecule has 1 N–H and O–H groups in total. The number of anilines is 1. The van der Waals surface area contributed by atoms with Crippen molar-refractivity contribution in [3.63, 3.8) is 0 Å². The maximum atomic E-state index is 12.3. The lowest BCUT2D eigenvalue weighted by Gasteiger charge is -2.29. The van der Waals surface area contributed by atoms with Gasteiger partial charge in [0.05, 0.1) is 5.56 Å². The van der Waals surface area contributed by atoms with E-state index >= 15 is 0 Å². The van der Waals surface area contributed by atoms with Crippen LogP contribution in [0.2, 0.25) is 0 Å². The van der Waals surface area contributed by atoms with Crippen molar-refractivity contribution >= 4 is 11.8 Å². The van der Waals surface area contributed by atoms with Gasteiger partial charge in [0, 0.05) is 43.8 Å². The molecule has 0 aromatic carbocycles. The van der Waals surface area contributed by atoms with E-state index in [4.69, 9.17) is 4.98 Å². The third-order valence-electron chi connectivity index (χ3n) is 6.81. The van der Waals surface area contributed by atoms with Crippen LogP contribution in [-0.4, -0.2) is 53.2 Å². The Morgan fingerprint density at radius 1 is 1.30 bits per heavy atom. The minimum absolute atomic E-state index is 0.0895. The topological polar surface area (TPSA) is 80.5 Å². The molecule has 1 aliphatic carbocycles. The number of pyridine rings is 1. The van der Waals surface area contributed by atoms with Crippen molar-refractivity contribution < 1.29 is 9.90 Å². The number of carboxylic acids is 1. The molecule has 6 heteroatoms. The Balaban J connectivity index is 1.62. The second kappa shape index (κ2) is 6.79. The van der Waals surface area contributed by atoms with Gasteiger partial charge in [-0.05, 0) is 30.9 Å². The van der Waals surface area contributed by atoms with Crippen LogP contribution in [0.4, 0.5) is 5.82 Å². The third-order valence-corrected chi connectivity index (χ3v) is 6.81. The van der Waals surface area contributed by atoms with Crippen molar-refractivity contribution in [1.29, 1.82) is 5.26 Å². The number of nitriles is 1. The molecule has 4 rings (SSSR count). The fourth-order valence-electron chi connectivity index (χ4n) is 5.23. The number of likely N-dealkylation sites (tertiary alicyclic amines) is 1. The monoisotopic (exact) mass is 368 g/mol. The Kier molecular flexibility index (Phi) is 4.59. The molecule has 0 bridgehead atoms. The number of hydrogen-bond acceptors (Lipinski definition) is 5. The van der Waals surface area contributed by atoms with Gasteiger partial charge in [0.2, 0.25) is 0 Å². The molecule has 0 spiro atoms. The standard InChI is InChI=1S/C21H28N4O2/c1-14(2)18-8-7-15(9-22)19(23-18)25-11-16-10-24(17-5-3-4-6-17)12-21(16,13-25)20(26)27/h7-8,14,16-17H,3-6,10-13H2,1-2H3,(H,26,27)/t16-,21-/m0/s1. The highest BCUT2D eigenvalue weighted by Gasteiger charge is 2.59. The van der Waals surface area contributed by atoms with Crippen molar-refractivity contribution in [2.45, 2.75) is 51.5 Å². The molecular weight excluding hydrogens is 340 g/mol. The van der Waals surface area contributed by atoms with Crippen LogP contribution in [0.1, 0.15) is 56.7 Å². The minimum Gasteiger partial charge on any atom is -0.481 e. The van der Waals surface area contributed by atoms with E-state index in [1.807, 2.05) is 12.1 Å². The van der Waals surface area contributed by atoms with Crippen molar-refractivity contribution in [2.75, 3.05) is 31.1 Å². The number of carboxylic acid groups (broad SMARTS) is 1. The number of aliphatic carboxylic acids is 1. The number of nitrogens with zero attached hydrogens (tertiary/aromatic N) is 4. The Morgan fingerprint density at radius 2 is 2.04 bits per heavy atom. The first kappa shape index (κ1) is 18.2. The molecule has 2 aliphatic heterocycles. The van der Waals surface area contributed by atoms with E-state index in [-0.39, 0.29) is 11.8 Å². The zero-order chi connectivity index (χ0) is 19.2. The van der Waals surface area contributed by atoms with Crippen molar-refractivity contribution in [1.82, 2.24) is 9.88 Å². The largest absolute Gasteiger partial charge is 0.481 e. The molecule has 3 heterocycles. The summed E-state index contributed by atoms with van der Waals surface area (Å²) in [4.78, 5) is 21.5. The van der Waals surface area contributed by atoms with Gasteiger partial charge in [-0.25, -0.2) is 4.98 Å². The summed E-state index contributed by atoms with van der Waals surface area (Å²) < 4.78 is 0. The van der Waals surface area contributed by atoms with Crippen LogP contribution < -0.4 is 4.90 Å². The SMILES string of the molecule is CC(C)c1ccc(C#N)c(N2C[C@@H]3CN(C4CCCC4)C[C@]3(C(=O)O)C2)n1. The molecule has 0 unspecified atom stereocenters. The van der Waals surface area contributed by atoms with Gasteiger partial charge < -0.3 is 10.0 Å². The molecule has 1 aromatic heterocycles. The molecule has 0 radical (unpaired) electrons. The fourth-order valence-corrected chi connectivity index (χ4v) is 5.23. The summed E-state index contributed by atoms with van der Waals surface area (Å²) in [5.74, 6) is 0.316. The fraction of sp³-hybridized carbons (Fsp3) is 0.667. The molecule has 3 fully saturated rings. The lowest BCUT2D eigenvalue weighted by molar-refractivity contribution is -0.148. The van der Waals surface area contributed by atoms with Crippen LogP contribution in [0, 0.1) is 22.7 Å². The second-order valence-electron chi connectivity index (χ2n) is 8.78. The quantitative estimate of drug-likeness (QED) is 0.880. The highest BCUT2D eigenvalue weighted by atomic mass is 16.4. The lowest BCUT2D eigenvalue weighted by Crippen LogP contribution is -2.42. The first-order chi connectivity index (χ1) is 12.9. The summed E-state index contributed by atoms with van der Waals surface area (Å²) >= 11 is 0. The molecule has 2 saturated heterocycles. The molecule has 6 nitrogen and oxygen atoms in total. The first-order valence-corrected chi connectivity index (χ1v) is 10.1. The summed E-state index contributed by atoms with van der Waals surface area (Å²) in [5, 5.41) is 19.7. The van der Waals surface area contributed by atoms with Gasteiger partial charge in [-0.1, -0.05) is 26.7 Å². The van der Waals surface area contributed by atoms with Gasteiger partial charge in [-0.15, -0.1) is 0 Å². The van der Waals surface area contributed by atoms with E-state index < -0.39 is 11.4 Å². The molecular formula is C21H28N4O2. The highest BCUT2D eigenvalue weighted by Crippen LogP contribution is 2.46. The average molecular weight is 368 g/mol. The van der Waals surface area contributed by atoms with E-state index in [0.717, 1.165) is 12.2 Å². The van der Waals surface area contributed by atoms with E-state index in [9.17, 15) is 15.2 Å². The number of rotatable bonds is 4. The van der Waals surface area contributed by atoms with E-state index in [0.29, 0.717) is 37.1 Å². The zero-order valence-electron chi connectivity index (χ0n) is 16.2. The maximum Gasteiger partial charge on any atom is 0.313 e. The summed E-state index contributed by atoms with van der Waals surface area (Å²) in [6.07, 6.45) is 4.91. The minimum atomic E-state index is -0.745. The molecule has 3 aliphatic rings. The molecule has 0 amide bonds. The predicted molar refractivity (Wildman–Crippen MR) is 103 cm³/mol. The Hall–Kier alpha value is -2.13. The summed E-state index contributed by atoms with van der Waals surface area (Å²) in [6, 6.07) is 6.52.